The Bertz CT molecular complexity index is 195. The second-order valence-electron chi connectivity index (χ2n) is 4.84. The second-order valence-corrected chi connectivity index (χ2v) is 4.84. The van der Waals surface area contributed by atoms with Gasteiger partial charge in [-0.05, 0) is 25.9 Å². The van der Waals surface area contributed by atoms with E-state index < -0.39 is 0 Å². The van der Waals surface area contributed by atoms with E-state index in [0.717, 1.165) is 39.3 Å². The van der Waals surface area contributed by atoms with Crippen LogP contribution < -0.4 is 10.6 Å². The molecule has 0 amide bonds. The lowest BCUT2D eigenvalue weighted by atomic mass is 10.2. The van der Waals surface area contributed by atoms with Gasteiger partial charge in [-0.2, -0.15) is 0 Å². The molecule has 2 fully saturated rings. The Morgan fingerprint density at radius 3 is 3.12 bits per heavy atom. The largest absolute Gasteiger partial charge is 0.374 e. The Kier molecular flexibility index (Phi) is 5.03. The summed E-state index contributed by atoms with van der Waals surface area (Å²) in [5, 5.41) is 7.03. The molecule has 2 rings (SSSR count). The van der Waals surface area contributed by atoms with Gasteiger partial charge >= 0.3 is 0 Å². The highest BCUT2D eigenvalue weighted by atomic mass is 16.5. The number of morpholine rings is 1. The van der Waals surface area contributed by atoms with Gasteiger partial charge in [0.2, 0.25) is 0 Å². The number of ether oxygens (including phenoxy) is 1. The minimum atomic E-state index is 0.384. The average molecular weight is 227 g/mol. The lowest BCUT2D eigenvalue weighted by Gasteiger charge is -2.32. The molecule has 0 radical (unpaired) electrons. The number of hydrogen-bond acceptors (Lipinski definition) is 4. The van der Waals surface area contributed by atoms with Crippen LogP contribution in [0, 0.1) is 0 Å². The summed E-state index contributed by atoms with van der Waals surface area (Å²) in [6.07, 6.45) is 3.03. The predicted molar refractivity (Wildman–Crippen MR) is 65.7 cm³/mol. The van der Waals surface area contributed by atoms with Crippen molar-refractivity contribution in [2.75, 3.05) is 45.9 Å². The standard InChI is InChI=1S/C12H25N3O/c1-2-15-6-7-16-12(10-15)9-13-8-11-4-3-5-14-11/h11-14H,2-10H2,1H3. The minimum absolute atomic E-state index is 0.384. The number of nitrogens with one attached hydrogen (secondary N) is 2. The fraction of sp³-hybridized carbons (Fsp3) is 1.00. The molecule has 2 N–H and O–H groups in total. The molecule has 2 aliphatic rings. The summed E-state index contributed by atoms with van der Waals surface area (Å²) in [6, 6.07) is 0.686. The summed E-state index contributed by atoms with van der Waals surface area (Å²) in [5.74, 6) is 0. The van der Waals surface area contributed by atoms with Gasteiger partial charge in [0, 0.05) is 32.2 Å². The van der Waals surface area contributed by atoms with Gasteiger partial charge in [0.15, 0.2) is 0 Å². The van der Waals surface area contributed by atoms with Crippen LogP contribution in [0.2, 0.25) is 0 Å². The van der Waals surface area contributed by atoms with E-state index in [4.69, 9.17) is 4.74 Å². The number of likely N-dealkylation sites (N-methyl/N-ethyl adjacent to an activating group) is 1. The van der Waals surface area contributed by atoms with Crippen LogP contribution in [0.3, 0.4) is 0 Å². The van der Waals surface area contributed by atoms with Gasteiger partial charge in [-0.1, -0.05) is 6.92 Å². The molecule has 16 heavy (non-hydrogen) atoms. The van der Waals surface area contributed by atoms with Crippen LogP contribution in [0.1, 0.15) is 19.8 Å². The first-order valence-corrected chi connectivity index (χ1v) is 6.66. The maximum atomic E-state index is 5.75. The van der Waals surface area contributed by atoms with Gasteiger partial charge < -0.3 is 15.4 Å². The molecule has 2 aliphatic heterocycles. The van der Waals surface area contributed by atoms with Crippen molar-refractivity contribution in [2.45, 2.75) is 31.9 Å². The first kappa shape index (κ1) is 12.3. The summed E-state index contributed by atoms with van der Waals surface area (Å²) in [4.78, 5) is 2.46. The molecule has 4 heteroatoms. The Labute approximate surface area is 98.7 Å². The molecule has 0 aromatic rings. The van der Waals surface area contributed by atoms with Crippen molar-refractivity contribution in [3.8, 4) is 0 Å². The van der Waals surface area contributed by atoms with E-state index in [1.54, 1.807) is 0 Å². The van der Waals surface area contributed by atoms with Gasteiger partial charge in [0.25, 0.3) is 0 Å². The van der Waals surface area contributed by atoms with Crippen molar-refractivity contribution in [3.63, 3.8) is 0 Å². The molecule has 4 nitrogen and oxygen atoms in total. The topological polar surface area (TPSA) is 36.5 Å². The summed E-state index contributed by atoms with van der Waals surface area (Å²) < 4.78 is 5.75. The fourth-order valence-electron chi connectivity index (χ4n) is 2.54. The minimum Gasteiger partial charge on any atom is -0.374 e. The third-order valence-corrected chi connectivity index (χ3v) is 3.60. The molecule has 2 saturated heterocycles. The van der Waals surface area contributed by atoms with Gasteiger partial charge in [-0.3, -0.25) is 4.90 Å². The van der Waals surface area contributed by atoms with Crippen molar-refractivity contribution in [3.05, 3.63) is 0 Å². The summed E-state index contributed by atoms with van der Waals surface area (Å²) in [6.45, 7) is 9.71. The highest BCUT2D eigenvalue weighted by Crippen LogP contribution is 2.05. The van der Waals surface area contributed by atoms with Crippen LogP contribution in [0.25, 0.3) is 0 Å². The quantitative estimate of drug-likeness (QED) is 0.696. The van der Waals surface area contributed by atoms with E-state index in [9.17, 15) is 0 Å². The predicted octanol–water partition coefficient (Wildman–Crippen LogP) is 0.0487. The van der Waals surface area contributed by atoms with Crippen molar-refractivity contribution >= 4 is 0 Å². The zero-order chi connectivity index (χ0) is 11.2. The highest BCUT2D eigenvalue weighted by Gasteiger charge is 2.19. The zero-order valence-electron chi connectivity index (χ0n) is 10.4. The first-order valence-electron chi connectivity index (χ1n) is 6.66. The second kappa shape index (κ2) is 6.55. The van der Waals surface area contributed by atoms with E-state index in [-0.39, 0.29) is 0 Å². The van der Waals surface area contributed by atoms with E-state index in [2.05, 4.69) is 22.5 Å². The molecule has 2 heterocycles. The molecule has 0 aromatic heterocycles. The molecule has 0 spiro atoms. The fourth-order valence-corrected chi connectivity index (χ4v) is 2.54. The van der Waals surface area contributed by atoms with Crippen LogP contribution in [-0.2, 0) is 4.74 Å². The molecule has 0 bridgehead atoms. The third-order valence-electron chi connectivity index (χ3n) is 3.60. The van der Waals surface area contributed by atoms with Crippen LogP contribution in [0.5, 0.6) is 0 Å². The lowest BCUT2D eigenvalue weighted by molar-refractivity contribution is -0.0253. The first-order chi connectivity index (χ1) is 7.88. The molecule has 2 unspecified atom stereocenters. The SMILES string of the molecule is CCN1CCOC(CNCC2CCCN2)C1. The van der Waals surface area contributed by atoms with Gasteiger partial charge in [-0.25, -0.2) is 0 Å². The van der Waals surface area contributed by atoms with Gasteiger partial charge in [0.1, 0.15) is 0 Å². The van der Waals surface area contributed by atoms with E-state index in [1.165, 1.54) is 19.4 Å². The molecule has 94 valence electrons. The molecule has 0 aromatic carbocycles. The molecule has 0 aliphatic carbocycles. The highest BCUT2D eigenvalue weighted by molar-refractivity contribution is 4.78. The summed E-state index contributed by atoms with van der Waals surface area (Å²) in [5.41, 5.74) is 0. The van der Waals surface area contributed by atoms with E-state index >= 15 is 0 Å². The Hall–Kier alpha value is -0.160. The molecule has 2 atom stereocenters. The molecule has 0 saturated carbocycles. The van der Waals surface area contributed by atoms with Crippen molar-refractivity contribution < 1.29 is 4.74 Å². The third kappa shape index (κ3) is 3.70. The van der Waals surface area contributed by atoms with Gasteiger partial charge in [-0.15, -0.1) is 0 Å². The van der Waals surface area contributed by atoms with Gasteiger partial charge in [0.05, 0.1) is 12.7 Å². The maximum absolute atomic E-state index is 5.75. The molecular weight excluding hydrogens is 202 g/mol. The lowest BCUT2D eigenvalue weighted by Crippen LogP contribution is -2.47. The summed E-state index contributed by atoms with van der Waals surface area (Å²) in [7, 11) is 0. The number of rotatable bonds is 5. The molecular formula is C12H25N3O. The van der Waals surface area contributed by atoms with Crippen molar-refractivity contribution in [2.24, 2.45) is 0 Å². The van der Waals surface area contributed by atoms with Crippen LogP contribution in [-0.4, -0.2) is 62.9 Å². The smallest absolute Gasteiger partial charge is 0.0826 e. The normalized spacial score (nSPS) is 32.1. The zero-order valence-corrected chi connectivity index (χ0v) is 10.4. The summed E-state index contributed by atoms with van der Waals surface area (Å²) >= 11 is 0. The number of hydrogen-bond donors (Lipinski definition) is 2. The maximum Gasteiger partial charge on any atom is 0.0826 e. The van der Waals surface area contributed by atoms with Crippen molar-refractivity contribution in [1.29, 1.82) is 0 Å². The van der Waals surface area contributed by atoms with Crippen LogP contribution in [0.4, 0.5) is 0 Å². The van der Waals surface area contributed by atoms with Crippen LogP contribution >= 0.6 is 0 Å². The van der Waals surface area contributed by atoms with E-state index in [0.29, 0.717) is 12.1 Å². The monoisotopic (exact) mass is 227 g/mol. The Morgan fingerprint density at radius 2 is 2.38 bits per heavy atom. The van der Waals surface area contributed by atoms with Crippen molar-refractivity contribution in [1.82, 2.24) is 15.5 Å². The van der Waals surface area contributed by atoms with Crippen LogP contribution in [0.15, 0.2) is 0 Å². The average Bonchev–Trinajstić information content (AvgIpc) is 2.82. The Morgan fingerprint density at radius 1 is 1.44 bits per heavy atom. The Balaban J connectivity index is 1.58. The number of nitrogens with zero attached hydrogens (tertiary/aromatic N) is 1. The van der Waals surface area contributed by atoms with E-state index in [1.807, 2.05) is 0 Å².